The molecule has 0 radical (unpaired) electrons. The van der Waals surface area contributed by atoms with Crippen molar-refractivity contribution >= 4 is 0 Å². The van der Waals surface area contributed by atoms with E-state index in [2.05, 4.69) is 28.7 Å². The van der Waals surface area contributed by atoms with E-state index in [9.17, 15) is 0 Å². The van der Waals surface area contributed by atoms with Gasteiger partial charge < -0.3 is 10.1 Å². The van der Waals surface area contributed by atoms with Crippen LogP contribution in [0, 0.1) is 0 Å². The van der Waals surface area contributed by atoms with Gasteiger partial charge in [-0.05, 0) is 0 Å². The van der Waals surface area contributed by atoms with Crippen LogP contribution in [-0.2, 0) is 18.3 Å². The Labute approximate surface area is 108 Å². The van der Waals surface area contributed by atoms with Crippen molar-refractivity contribution in [1.82, 2.24) is 15.1 Å². The minimum Gasteiger partial charge on any atom is -0.383 e. The third-order valence-corrected chi connectivity index (χ3v) is 2.75. The number of aromatic nitrogens is 2. The molecule has 18 heavy (non-hydrogen) atoms. The summed E-state index contributed by atoms with van der Waals surface area (Å²) < 4.78 is 6.87. The maximum Gasteiger partial charge on any atom is 0.0967 e. The van der Waals surface area contributed by atoms with Gasteiger partial charge in [0.05, 0.1) is 12.3 Å². The van der Waals surface area contributed by atoms with Crippen molar-refractivity contribution in [2.75, 3.05) is 20.3 Å². The zero-order valence-electron chi connectivity index (χ0n) is 10.9. The predicted molar refractivity (Wildman–Crippen MR) is 72.2 cm³/mol. The largest absolute Gasteiger partial charge is 0.383 e. The van der Waals surface area contributed by atoms with Gasteiger partial charge in [0.1, 0.15) is 0 Å². The Hall–Kier alpha value is -1.65. The summed E-state index contributed by atoms with van der Waals surface area (Å²) in [5, 5.41) is 7.87. The van der Waals surface area contributed by atoms with Crippen LogP contribution in [0.1, 0.15) is 5.56 Å². The molecule has 1 aromatic carbocycles. The quantitative estimate of drug-likeness (QED) is 0.789. The molecule has 0 aliphatic carbocycles. The Morgan fingerprint density at radius 2 is 2.06 bits per heavy atom. The van der Waals surface area contributed by atoms with Crippen LogP contribution in [0.4, 0.5) is 0 Å². The summed E-state index contributed by atoms with van der Waals surface area (Å²) in [6.45, 7) is 2.38. The van der Waals surface area contributed by atoms with E-state index in [0.29, 0.717) is 0 Å². The van der Waals surface area contributed by atoms with Gasteiger partial charge in [-0.2, -0.15) is 5.10 Å². The first-order valence-corrected chi connectivity index (χ1v) is 6.09. The number of aryl methyl sites for hydroxylation is 1. The monoisotopic (exact) mass is 245 g/mol. The van der Waals surface area contributed by atoms with Crippen LogP contribution < -0.4 is 5.32 Å². The molecule has 2 aromatic rings. The predicted octanol–water partition coefficient (Wildman–Crippen LogP) is 1.82. The van der Waals surface area contributed by atoms with Crippen molar-refractivity contribution in [2.24, 2.45) is 7.05 Å². The molecule has 2 rings (SSSR count). The van der Waals surface area contributed by atoms with Gasteiger partial charge in [-0.1, -0.05) is 30.3 Å². The number of ether oxygens (including phenoxy) is 1. The molecule has 0 saturated carbocycles. The van der Waals surface area contributed by atoms with Crippen molar-refractivity contribution in [3.63, 3.8) is 0 Å². The Morgan fingerprint density at radius 3 is 2.78 bits per heavy atom. The van der Waals surface area contributed by atoms with Crippen molar-refractivity contribution in [3.8, 4) is 11.3 Å². The van der Waals surface area contributed by atoms with E-state index in [1.54, 1.807) is 7.11 Å². The fourth-order valence-electron chi connectivity index (χ4n) is 1.90. The average molecular weight is 245 g/mol. The highest BCUT2D eigenvalue weighted by Gasteiger charge is 2.08. The van der Waals surface area contributed by atoms with Gasteiger partial charge in [-0.15, -0.1) is 0 Å². The number of hydrogen-bond donors (Lipinski definition) is 1. The molecule has 0 atom stereocenters. The lowest BCUT2D eigenvalue weighted by Gasteiger charge is -2.04. The number of nitrogens with one attached hydrogen (secondary N) is 1. The molecule has 0 spiro atoms. The van der Waals surface area contributed by atoms with E-state index < -0.39 is 0 Å². The van der Waals surface area contributed by atoms with Gasteiger partial charge in [0.2, 0.25) is 0 Å². The highest BCUT2D eigenvalue weighted by atomic mass is 16.5. The zero-order valence-corrected chi connectivity index (χ0v) is 10.9. The normalized spacial score (nSPS) is 10.8. The van der Waals surface area contributed by atoms with Crippen molar-refractivity contribution in [1.29, 1.82) is 0 Å². The van der Waals surface area contributed by atoms with Crippen LogP contribution in [0.25, 0.3) is 11.3 Å². The number of hydrogen-bond acceptors (Lipinski definition) is 3. The van der Waals surface area contributed by atoms with E-state index in [-0.39, 0.29) is 0 Å². The summed E-state index contributed by atoms with van der Waals surface area (Å²) in [7, 11) is 3.66. The highest BCUT2D eigenvalue weighted by Crippen LogP contribution is 2.21. The van der Waals surface area contributed by atoms with Crippen LogP contribution >= 0.6 is 0 Å². The van der Waals surface area contributed by atoms with E-state index in [1.165, 1.54) is 5.56 Å². The molecule has 1 aromatic heterocycles. The van der Waals surface area contributed by atoms with Crippen molar-refractivity contribution in [3.05, 3.63) is 42.1 Å². The van der Waals surface area contributed by atoms with Gasteiger partial charge in [0.25, 0.3) is 0 Å². The molecule has 0 amide bonds. The van der Waals surface area contributed by atoms with Crippen LogP contribution in [0.3, 0.4) is 0 Å². The van der Waals surface area contributed by atoms with E-state index in [0.717, 1.165) is 31.0 Å². The molecule has 96 valence electrons. The minimum absolute atomic E-state index is 0.723. The van der Waals surface area contributed by atoms with Crippen LogP contribution in [-0.4, -0.2) is 30.0 Å². The summed E-state index contributed by atoms with van der Waals surface area (Å²) in [4.78, 5) is 0. The van der Waals surface area contributed by atoms with Gasteiger partial charge in [-0.3, -0.25) is 4.68 Å². The Bertz CT molecular complexity index is 479. The van der Waals surface area contributed by atoms with E-state index in [4.69, 9.17) is 4.74 Å². The maximum atomic E-state index is 5.02. The maximum absolute atomic E-state index is 5.02. The molecule has 0 unspecified atom stereocenters. The molecule has 0 saturated heterocycles. The second-order valence-corrected chi connectivity index (χ2v) is 4.21. The minimum atomic E-state index is 0.723. The Kier molecular flexibility index (Phi) is 4.50. The second-order valence-electron chi connectivity index (χ2n) is 4.21. The number of benzene rings is 1. The summed E-state index contributed by atoms with van der Waals surface area (Å²) in [6.07, 6.45) is 2.06. The lowest BCUT2D eigenvalue weighted by atomic mass is 10.1. The summed E-state index contributed by atoms with van der Waals surface area (Å²) in [6, 6.07) is 10.3. The van der Waals surface area contributed by atoms with Crippen molar-refractivity contribution in [2.45, 2.75) is 6.54 Å². The Morgan fingerprint density at radius 1 is 1.28 bits per heavy atom. The summed E-state index contributed by atoms with van der Waals surface area (Å²) in [5.74, 6) is 0. The van der Waals surface area contributed by atoms with Gasteiger partial charge >= 0.3 is 0 Å². The SMILES string of the molecule is COCCNCc1cn(C)nc1-c1ccccc1. The topological polar surface area (TPSA) is 39.1 Å². The number of methoxy groups -OCH3 is 1. The first-order chi connectivity index (χ1) is 8.81. The number of nitrogens with zero attached hydrogens (tertiary/aromatic N) is 2. The molecule has 0 fully saturated rings. The average Bonchev–Trinajstić information content (AvgIpc) is 2.77. The van der Waals surface area contributed by atoms with Crippen LogP contribution in [0.5, 0.6) is 0 Å². The Balaban J connectivity index is 2.11. The van der Waals surface area contributed by atoms with Gasteiger partial charge in [0, 0.05) is 44.6 Å². The molecule has 1 heterocycles. The van der Waals surface area contributed by atoms with Crippen molar-refractivity contribution < 1.29 is 4.74 Å². The molecule has 0 aliphatic heterocycles. The summed E-state index contributed by atoms with van der Waals surface area (Å²) in [5.41, 5.74) is 3.41. The highest BCUT2D eigenvalue weighted by molar-refractivity contribution is 5.62. The van der Waals surface area contributed by atoms with Gasteiger partial charge in [0.15, 0.2) is 0 Å². The van der Waals surface area contributed by atoms with Gasteiger partial charge in [-0.25, -0.2) is 0 Å². The molecule has 0 aliphatic rings. The fraction of sp³-hybridized carbons (Fsp3) is 0.357. The molecule has 4 heteroatoms. The fourth-order valence-corrected chi connectivity index (χ4v) is 1.90. The van der Waals surface area contributed by atoms with E-state index in [1.807, 2.05) is 29.9 Å². The summed E-state index contributed by atoms with van der Waals surface area (Å²) >= 11 is 0. The third kappa shape index (κ3) is 3.18. The molecule has 4 nitrogen and oxygen atoms in total. The van der Waals surface area contributed by atoms with Crippen LogP contribution in [0.2, 0.25) is 0 Å². The molecular formula is C14H19N3O. The zero-order chi connectivity index (χ0) is 12.8. The molecular weight excluding hydrogens is 226 g/mol. The smallest absolute Gasteiger partial charge is 0.0967 e. The van der Waals surface area contributed by atoms with E-state index >= 15 is 0 Å². The standard InChI is InChI=1S/C14H19N3O/c1-17-11-13(10-15-8-9-18-2)14(16-17)12-6-4-3-5-7-12/h3-7,11,15H,8-10H2,1-2H3. The molecule has 1 N–H and O–H groups in total. The second kappa shape index (κ2) is 6.33. The van der Waals surface area contributed by atoms with Crippen LogP contribution in [0.15, 0.2) is 36.5 Å². The lowest BCUT2D eigenvalue weighted by Crippen LogP contribution is -2.18. The molecule has 0 bridgehead atoms. The third-order valence-electron chi connectivity index (χ3n) is 2.75. The lowest BCUT2D eigenvalue weighted by molar-refractivity contribution is 0.199. The first-order valence-electron chi connectivity index (χ1n) is 6.09. The first kappa shape index (κ1) is 12.8. The number of rotatable bonds is 6.